The first kappa shape index (κ1) is 17.7. The molecule has 8 heteroatoms. The van der Waals surface area contributed by atoms with Gasteiger partial charge < -0.3 is 16.0 Å². The molecule has 2 aromatic rings. The molecule has 2 fully saturated rings. The van der Waals surface area contributed by atoms with Crippen LogP contribution in [0.1, 0.15) is 47.9 Å². The van der Waals surface area contributed by atoms with Crippen LogP contribution in [0.15, 0.2) is 24.3 Å². The second-order valence-electron chi connectivity index (χ2n) is 7.24. The summed E-state index contributed by atoms with van der Waals surface area (Å²) in [4.78, 5) is 24.4. The molecule has 0 radical (unpaired) electrons. The first-order valence-corrected chi connectivity index (χ1v) is 9.46. The number of amides is 2. The molecular weight excluding hydrogens is 344 g/mol. The molecule has 2 amide bonds. The number of rotatable bonds is 5. The van der Waals surface area contributed by atoms with Crippen molar-refractivity contribution in [3.05, 3.63) is 35.7 Å². The zero-order valence-corrected chi connectivity index (χ0v) is 15.4. The van der Waals surface area contributed by atoms with Crippen LogP contribution in [0, 0.1) is 12.8 Å². The van der Waals surface area contributed by atoms with Crippen LogP contribution in [0.25, 0.3) is 0 Å². The Hall–Kier alpha value is -2.74. The number of carbonyl (C=O) groups is 2. The van der Waals surface area contributed by atoms with Crippen molar-refractivity contribution in [3.63, 3.8) is 0 Å². The monoisotopic (exact) mass is 368 g/mol. The molecule has 0 unspecified atom stereocenters. The summed E-state index contributed by atoms with van der Waals surface area (Å²) in [5.41, 5.74) is 2.52. The van der Waals surface area contributed by atoms with Crippen molar-refractivity contribution < 1.29 is 9.59 Å². The molecule has 8 nitrogen and oxygen atoms in total. The lowest BCUT2D eigenvalue weighted by Crippen LogP contribution is -2.30. The maximum atomic E-state index is 12.6. The minimum absolute atomic E-state index is 0.0666. The summed E-state index contributed by atoms with van der Waals surface area (Å²) in [5.74, 6) is -0.0469. The van der Waals surface area contributed by atoms with Gasteiger partial charge in [0.2, 0.25) is 5.91 Å². The molecule has 1 aliphatic carbocycles. The molecule has 1 aromatic heterocycles. The summed E-state index contributed by atoms with van der Waals surface area (Å²) in [6.07, 6.45) is 3.91. The van der Waals surface area contributed by atoms with E-state index in [4.69, 9.17) is 0 Å². The van der Waals surface area contributed by atoms with Gasteiger partial charge in [0, 0.05) is 17.3 Å². The van der Waals surface area contributed by atoms with Crippen LogP contribution < -0.4 is 16.0 Å². The molecule has 1 aliphatic heterocycles. The van der Waals surface area contributed by atoms with E-state index in [0.717, 1.165) is 50.2 Å². The van der Waals surface area contributed by atoms with Gasteiger partial charge in [-0.1, -0.05) is 5.21 Å². The van der Waals surface area contributed by atoms with Gasteiger partial charge in [0.05, 0.1) is 11.7 Å². The van der Waals surface area contributed by atoms with Crippen LogP contribution in [0.5, 0.6) is 0 Å². The van der Waals surface area contributed by atoms with Crippen molar-refractivity contribution in [1.29, 1.82) is 0 Å². The Morgan fingerprint density at radius 2 is 1.67 bits per heavy atom. The zero-order valence-electron chi connectivity index (χ0n) is 15.4. The lowest BCUT2D eigenvalue weighted by Gasteiger charge is -2.23. The Morgan fingerprint density at radius 3 is 2.30 bits per heavy atom. The van der Waals surface area contributed by atoms with E-state index < -0.39 is 0 Å². The average Bonchev–Trinajstić information content (AvgIpc) is 3.46. The third kappa shape index (κ3) is 4.00. The van der Waals surface area contributed by atoms with Crippen molar-refractivity contribution in [3.8, 4) is 0 Å². The van der Waals surface area contributed by atoms with Gasteiger partial charge in [0.25, 0.3) is 5.91 Å². The number of hydrogen-bond acceptors (Lipinski definition) is 5. The van der Waals surface area contributed by atoms with Crippen LogP contribution in [0.2, 0.25) is 0 Å². The van der Waals surface area contributed by atoms with E-state index >= 15 is 0 Å². The Bertz CT molecular complexity index is 834. The van der Waals surface area contributed by atoms with Crippen LogP contribution in [0.3, 0.4) is 0 Å². The van der Waals surface area contributed by atoms with Crippen molar-refractivity contribution in [2.75, 3.05) is 23.7 Å². The molecule has 27 heavy (non-hydrogen) atoms. The van der Waals surface area contributed by atoms with E-state index in [9.17, 15) is 9.59 Å². The summed E-state index contributed by atoms with van der Waals surface area (Å²) in [5, 5.41) is 17.4. The van der Waals surface area contributed by atoms with Gasteiger partial charge in [-0.3, -0.25) is 9.59 Å². The molecule has 4 rings (SSSR count). The third-order valence-corrected chi connectivity index (χ3v) is 5.16. The SMILES string of the molecule is Cc1c(C(=O)Nc2ccc(NC(=O)C3CC3)cc2)nnn1C1CCNCC1. The Balaban J connectivity index is 1.40. The van der Waals surface area contributed by atoms with E-state index in [-0.39, 0.29) is 23.8 Å². The number of anilines is 2. The normalized spacial score (nSPS) is 17.5. The summed E-state index contributed by atoms with van der Waals surface area (Å²) >= 11 is 0. The van der Waals surface area contributed by atoms with E-state index in [1.807, 2.05) is 11.6 Å². The number of aromatic nitrogens is 3. The quantitative estimate of drug-likeness (QED) is 0.750. The first-order valence-electron chi connectivity index (χ1n) is 9.46. The standard InChI is InChI=1S/C19H24N6O2/c1-12-17(23-24-25(12)16-8-10-20-11-9-16)19(27)22-15-6-4-14(5-7-15)21-18(26)13-2-3-13/h4-7,13,16,20H,2-3,8-11H2,1H3,(H,21,26)(H,22,27). The van der Waals surface area contributed by atoms with Gasteiger partial charge in [-0.15, -0.1) is 5.10 Å². The molecule has 2 aliphatic rings. The van der Waals surface area contributed by atoms with E-state index in [1.54, 1.807) is 24.3 Å². The summed E-state index contributed by atoms with van der Waals surface area (Å²) in [6.45, 7) is 3.79. The van der Waals surface area contributed by atoms with Crippen molar-refractivity contribution in [2.45, 2.75) is 38.6 Å². The molecule has 0 atom stereocenters. The van der Waals surface area contributed by atoms with Crippen LogP contribution in [-0.4, -0.2) is 39.9 Å². The van der Waals surface area contributed by atoms with Gasteiger partial charge in [-0.05, 0) is 70.0 Å². The average molecular weight is 368 g/mol. The maximum absolute atomic E-state index is 12.6. The number of carbonyl (C=O) groups excluding carboxylic acids is 2. The van der Waals surface area contributed by atoms with Gasteiger partial charge in [-0.2, -0.15) is 0 Å². The molecule has 142 valence electrons. The van der Waals surface area contributed by atoms with Crippen molar-refractivity contribution >= 4 is 23.2 Å². The third-order valence-electron chi connectivity index (χ3n) is 5.16. The van der Waals surface area contributed by atoms with Gasteiger partial charge in [0.1, 0.15) is 0 Å². The summed E-state index contributed by atoms with van der Waals surface area (Å²) < 4.78 is 1.87. The van der Waals surface area contributed by atoms with Gasteiger partial charge in [0.15, 0.2) is 5.69 Å². The van der Waals surface area contributed by atoms with Crippen LogP contribution in [-0.2, 0) is 4.79 Å². The second kappa shape index (κ2) is 7.48. The van der Waals surface area contributed by atoms with E-state index in [0.29, 0.717) is 11.4 Å². The number of piperidine rings is 1. The molecule has 1 aromatic carbocycles. The molecular formula is C19H24N6O2. The van der Waals surface area contributed by atoms with Crippen LogP contribution >= 0.6 is 0 Å². The predicted octanol–water partition coefficient (Wildman–Crippen LogP) is 2.11. The van der Waals surface area contributed by atoms with Gasteiger partial charge in [-0.25, -0.2) is 4.68 Å². The topological polar surface area (TPSA) is 101 Å². The number of hydrogen-bond donors (Lipinski definition) is 3. The molecule has 1 saturated carbocycles. The Kier molecular flexibility index (Phi) is 4.89. The highest BCUT2D eigenvalue weighted by molar-refractivity contribution is 6.03. The first-order chi connectivity index (χ1) is 13.1. The largest absolute Gasteiger partial charge is 0.326 e. The van der Waals surface area contributed by atoms with Crippen molar-refractivity contribution in [1.82, 2.24) is 20.3 Å². The molecule has 1 saturated heterocycles. The highest BCUT2D eigenvalue weighted by atomic mass is 16.2. The minimum atomic E-state index is -0.276. The fourth-order valence-electron chi connectivity index (χ4n) is 3.37. The zero-order chi connectivity index (χ0) is 18.8. The highest BCUT2D eigenvalue weighted by Crippen LogP contribution is 2.30. The summed E-state index contributed by atoms with van der Waals surface area (Å²) in [6, 6.07) is 7.40. The smallest absolute Gasteiger partial charge is 0.278 e. The van der Waals surface area contributed by atoms with E-state index in [2.05, 4.69) is 26.3 Å². The van der Waals surface area contributed by atoms with Crippen LogP contribution in [0.4, 0.5) is 11.4 Å². The fraction of sp³-hybridized carbons (Fsp3) is 0.474. The maximum Gasteiger partial charge on any atom is 0.278 e. The number of nitrogens with one attached hydrogen (secondary N) is 3. The summed E-state index contributed by atoms with van der Waals surface area (Å²) in [7, 11) is 0. The molecule has 0 bridgehead atoms. The highest BCUT2D eigenvalue weighted by Gasteiger charge is 2.29. The minimum Gasteiger partial charge on any atom is -0.326 e. The number of benzene rings is 1. The second-order valence-corrected chi connectivity index (χ2v) is 7.24. The predicted molar refractivity (Wildman–Crippen MR) is 102 cm³/mol. The fourth-order valence-corrected chi connectivity index (χ4v) is 3.37. The van der Waals surface area contributed by atoms with E-state index in [1.165, 1.54) is 0 Å². The molecule has 2 heterocycles. The van der Waals surface area contributed by atoms with Crippen molar-refractivity contribution in [2.24, 2.45) is 5.92 Å². The lowest BCUT2D eigenvalue weighted by molar-refractivity contribution is -0.117. The Labute approximate surface area is 157 Å². The van der Waals surface area contributed by atoms with Gasteiger partial charge >= 0.3 is 0 Å². The molecule has 0 spiro atoms. The number of nitrogens with zero attached hydrogens (tertiary/aromatic N) is 3. The molecule has 3 N–H and O–H groups in total. The Morgan fingerprint density at radius 1 is 1.04 bits per heavy atom. The lowest BCUT2D eigenvalue weighted by atomic mass is 10.1.